The second kappa shape index (κ2) is 7.93. The van der Waals surface area contributed by atoms with E-state index >= 15 is 0 Å². The lowest BCUT2D eigenvalue weighted by Gasteiger charge is -2.13. The quantitative estimate of drug-likeness (QED) is 0.765. The second-order valence-electron chi connectivity index (χ2n) is 5.07. The van der Waals surface area contributed by atoms with Crippen LogP contribution in [-0.2, 0) is 4.74 Å². The lowest BCUT2D eigenvalue weighted by Crippen LogP contribution is -2.26. The summed E-state index contributed by atoms with van der Waals surface area (Å²) in [5.74, 6) is -0.0762. The Balaban J connectivity index is 1.62. The molecule has 3 nitrogen and oxygen atoms in total. The number of nitriles is 1. The van der Waals surface area contributed by atoms with Gasteiger partial charge in [0.1, 0.15) is 0 Å². The van der Waals surface area contributed by atoms with E-state index < -0.39 is 0 Å². The van der Waals surface area contributed by atoms with Gasteiger partial charge in [0.15, 0.2) is 0 Å². The first kappa shape index (κ1) is 14.0. The van der Waals surface area contributed by atoms with Gasteiger partial charge in [0.05, 0.1) is 24.7 Å². The Kier molecular flexibility index (Phi) is 5.87. The molecule has 0 spiro atoms. The van der Waals surface area contributed by atoms with Crippen LogP contribution >= 0.6 is 0 Å². The third kappa shape index (κ3) is 4.66. The normalized spacial score (nSPS) is 17.2. The van der Waals surface area contributed by atoms with E-state index in [2.05, 4.69) is 11.4 Å². The number of hydrogen-bond acceptors (Lipinski definition) is 3. The Hall–Kier alpha value is -1.37. The van der Waals surface area contributed by atoms with Gasteiger partial charge in [0.2, 0.25) is 0 Å². The Labute approximate surface area is 115 Å². The van der Waals surface area contributed by atoms with Crippen LogP contribution in [0.2, 0.25) is 0 Å². The summed E-state index contributed by atoms with van der Waals surface area (Å²) in [6.45, 7) is 2.26. The molecule has 1 fully saturated rings. The van der Waals surface area contributed by atoms with Crippen LogP contribution in [0.15, 0.2) is 30.3 Å². The largest absolute Gasteiger partial charge is 0.377 e. The van der Waals surface area contributed by atoms with Gasteiger partial charge < -0.3 is 10.1 Å². The standard InChI is InChI=1S/C16H22N2O/c17-12-15(14-6-2-1-3-7-14)13-18-10-11-19-16-8-4-5-9-16/h1-3,6-7,15-16,18H,4-5,8-11,13H2. The molecule has 2 rings (SSSR count). The van der Waals surface area contributed by atoms with E-state index in [1.165, 1.54) is 25.7 Å². The molecular weight excluding hydrogens is 236 g/mol. The average molecular weight is 258 g/mol. The third-order valence-electron chi connectivity index (χ3n) is 3.64. The molecule has 1 atom stereocenters. The van der Waals surface area contributed by atoms with E-state index in [0.29, 0.717) is 12.6 Å². The summed E-state index contributed by atoms with van der Waals surface area (Å²) in [5.41, 5.74) is 1.08. The number of nitrogens with one attached hydrogen (secondary N) is 1. The molecule has 1 aromatic rings. The zero-order chi connectivity index (χ0) is 13.3. The van der Waals surface area contributed by atoms with Gasteiger partial charge in [-0.05, 0) is 18.4 Å². The lowest BCUT2D eigenvalue weighted by molar-refractivity contribution is 0.0604. The van der Waals surface area contributed by atoms with Gasteiger partial charge in [-0.15, -0.1) is 0 Å². The first-order valence-corrected chi connectivity index (χ1v) is 7.17. The van der Waals surface area contributed by atoms with Crippen LogP contribution in [0.4, 0.5) is 0 Å². The smallest absolute Gasteiger partial charge is 0.0837 e. The minimum atomic E-state index is -0.0762. The maximum absolute atomic E-state index is 9.19. The first-order valence-electron chi connectivity index (χ1n) is 7.17. The van der Waals surface area contributed by atoms with Gasteiger partial charge >= 0.3 is 0 Å². The van der Waals surface area contributed by atoms with Gasteiger partial charge in [-0.3, -0.25) is 0 Å². The van der Waals surface area contributed by atoms with Gasteiger partial charge in [0.25, 0.3) is 0 Å². The van der Waals surface area contributed by atoms with Gasteiger partial charge in [-0.1, -0.05) is 43.2 Å². The van der Waals surface area contributed by atoms with Crippen LogP contribution in [0, 0.1) is 11.3 Å². The van der Waals surface area contributed by atoms with Crippen molar-refractivity contribution in [2.45, 2.75) is 37.7 Å². The molecular formula is C16H22N2O. The SMILES string of the molecule is N#CC(CNCCOC1CCCC1)c1ccccc1. The Morgan fingerprint density at radius 3 is 2.68 bits per heavy atom. The lowest BCUT2D eigenvalue weighted by atomic mass is 10.0. The van der Waals surface area contributed by atoms with Gasteiger partial charge in [0, 0.05) is 13.1 Å². The number of ether oxygens (including phenoxy) is 1. The summed E-state index contributed by atoms with van der Waals surface area (Å²) in [6.07, 6.45) is 5.52. The highest BCUT2D eigenvalue weighted by atomic mass is 16.5. The molecule has 1 aliphatic carbocycles. The summed E-state index contributed by atoms with van der Waals surface area (Å²) < 4.78 is 5.78. The zero-order valence-corrected chi connectivity index (χ0v) is 11.3. The molecule has 0 heterocycles. The fourth-order valence-corrected chi connectivity index (χ4v) is 2.52. The molecule has 0 aromatic heterocycles. The molecule has 0 bridgehead atoms. The molecule has 1 unspecified atom stereocenters. The maximum Gasteiger partial charge on any atom is 0.0837 e. The van der Waals surface area contributed by atoms with Gasteiger partial charge in [-0.25, -0.2) is 0 Å². The Morgan fingerprint density at radius 2 is 2.00 bits per heavy atom. The summed E-state index contributed by atoms with van der Waals surface area (Å²) in [5, 5.41) is 12.5. The molecule has 1 saturated carbocycles. The molecule has 1 aromatic carbocycles. The number of rotatable bonds is 7. The van der Waals surface area contributed by atoms with Crippen LogP contribution in [0.1, 0.15) is 37.2 Å². The predicted molar refractivity (Wildman–Crippen MR) is 75.9 cm³/mol. The zero-order valence-electron chi connectivity index (χ0n) is 11.3. The van der Waals surface area contributed by atoms with E-state index in [1.807, 2.05) is 30.3 Å². The van der Waals surface area contributed by atoms with Crippen molar-refractivity contribution in [3.8, 4) is 6.07 Å². The molecule has 102 valence electrons. The summed E-state index contributed by atoms with van der Waals surface area (Å²) in [7, 11) is 0. The van der Waals surface area contributed by atoms with Crippen molar-refractivity contribution < 1.29 is 4.74 Å². The average Bonchev–Trinajstić information content (AvgIpc) is 2.97. The van der Waals surface area contributed by atoms with E-state index in [1.54, 1.807) is 0 Å². The van der Waals surface area contributed by atoms with Crippen molar-refractivity contribution >= 4 is 0 Å². The van der Waals surface area contributed by atoms with Crippen molar-refractivity contribution in [1.29, 1.82) is 5.26 Å². The highest BCUT2D eigenvalue weighted by Crippen LogP contribution is 2.20. The molecule has 19 heavy (non-hydrogen) atoms. The van der Waals surface area contributed by atoms with Crippen LogP contribution in [0.25, 0.3) is 0 Å². The van der Waals surface area contributed by atoms with Gasteiger partial charge in [-0.2, -0.15) is 5.26 Å². The molecule has 1 N–H and O–H groups in total. The molecule has 0 saturated heterocycles. The van der Waals surface area contributed by atoms with E-state index in [-0.39, 0.29) is 5.92 Å². The highest BCUT2D eigenvalue weighted by Gasteiger charge is 2.15. The fraction of sp³-hybridized carbons (Fsp3) is 0.562. The van der Waals surface area contributed by atoms with Crippen LogP contribution < -0.4 is 5.32 Å². The predicted octanol–water partition coefficient (Wildman–Crippen LogP) is 2.84. The summed E-state index contributed by atoms with van der Waals surface area (Å²) in [6, 6.07) is 12.3. The number of benzene rings is 1. The maximum atomic E-state index is 9.19. The monoisotopic (exact) mass is 258 g/mol. The summed E-state index contributed by atoms with van der Waals surface area (Å²) >= 11 is 0. The van der Waals surface area contributed by atoms with Crippen molar-refractivity contribution in [1.82, 2.24) is 5.32 Å². The Morgan fingerprint density at radius 1 is 1.26 bits per heavy atom. The van der Waals surface area contributed by atoms with Crippen molar-refractivity contribution in [2.24, 2.45) is 0 Å². The topological polar surface area (TPSA) is 45.0 Å². The first-order chi connectivity index (χ1) is 9.40. The Bertz CT molecular complexity index is 393. The molecule has 3 heteroatoms. The summed E-state index contributed by atoms with van der Waals surface area (Å²) in [4.78, 5) is 0. The number of hydrogen-bond donors (Lipinski definition) is 1. The fourth-order valence-electron chi connectivity index (χ4n) is 2.52. The van der Waals surface area contributed by atoms with Crippen molar-refractivity contribution in [2.75, 3.05) is 19.7 Å². The molecule has 0 amide bonds. The van der Waals surface area contributed by atoms with E-state index in [0.717, 1.165) is 18.7 Å². The molecule has 1 aliphatic rings. The minimum Gasteiger partial charge on any atom is -0.377 e. The minimum absolute atomic E-state index is 0.0762. The van der Waals surface area contributed by atoms with E-state index in [4.69, 9.17) is 4.74 Å². The third-order valence-corrected chi connectivity index (χ3v) is 3.64. The van der Waals surface area contributed by atoms with E-state index in [9.17, 15) is 5.26 Å². The van der Waals surface area contributed by atoms with Crippen LogP contribution in [0.3, 0.4) is 0 Å². The van der Waals surface area contributed by atoms with Crippen LogP contribution in [0.5, 0.6) is 0 Å². The second-order valence-corrected chi connectivity index (χ2v) is 5.07. The molecule has 0 radical (unpaired) electrons. The van der Waals surface area contributed by atoms with Crippen molar-refractivity contribution in [3.63, 3.8) is 0 Å². The highest BCUT2D eigenvalue weighted by molar-refractivity contribution is 5.24. The van der Waals surface area contributed by atoms with Crippen molar-refractivity contribution in [3.05, 3.63) is 35.9 Å². The van der Waals surface area contributed by atoms with Crippen LogP contribution in [-0.4, -0.2) is 25.8 Å². The molecule has 0 aliphatic heterocycles. The number of nitrogens with zero attached hydrogens (tertiary/aromatic N) is 1.